The molecule has 130 valence electrons. The van der Waals surface area contributed by atoms with Crippen LogP contribution in [-0.4, -0.2) is 40.6 Å². The van der Waals surface area contributed by atoms with Crippen molar-refractivity contribution < 1.29 is 24.5 Å². The molecule has 0 radical (unpaired) electrons. The fraction of sp³-hybridized carbons (Fsp3) is 0.263. The van der Waals surface area contributed by atoms with Crippen LogP contribution < -0.4 is 0 Å². The summed E-state index contributed by atoms with van der Waals surface area (Å²) in [6.07, 6.45) is 1.66. The molecule has 6 heteroatoms. The number of benzene rings is 2. The van der Waals surface area contributed by atoms with Crippen LogP contribution >= 0.6 is 0 Å². The highest BCUT2D eigenvalue weighted by molar-refractivity contribution is 5.97. The standard InChI is InChI=1S/C19H19NO5/c1-25-19(24)13-6-4-12(5-7-13)16-3-2-10-20(16)18(23)15-9-8-14(21)11-17(15)22/h4-9,11,16,21-22H,2-3,10H2,1H3. The van der Waals surface area contributed by atoms with Gasteiger partial charge in [-0.1, -0.05) is 12.1 Å². The Kier molecular flexibility index (Phi) is 4.61. The maximum Gasteiger partial charge on any atom is 0.337 e. The minimum Gasteiger partial charge on any atom is -0.508 e. The van der Waals surface area contributed by atoms with Gasteiger partial charge in [-0.05, 0) is 42.7 Å². The van der Waals surface area contributed by atoms with E-state index in [-0.39, 0.29) is 29.0 Å². The van der Waals surface area contributed by atoms with Crippen LogP contribution in [0.5, 0.6) is 11.5 Å². The lowest BCUT2D eigenvalue weighted by molar-refractivity contribution is 0.0599. The summed E-state index contributed by atoms with van der Waals surface area (Å²) in [5.74, 6) is -1.01. The molecule has 6 nitrogen and oxygen atoms in total. The number of carbonyl (C=O) groups excluding carboxylic acids is 2. The van der Waals surface area contributed by atoms with Gasteiger partial charge in [-0.3, -0.25) is 4.79 Å². The molecule has 0 aromatic heterocycles. The number of esters is 1. The van der Waals surface area contributed by atoms with Gasteiger partial charge in [0.05, 0.1) is 24.3 Å². The molecule has 1 aliphatic rings. The lowest BCUT2D eigenvalue weighted by Crippen LogP contribution is -2.30. The van der Waals surface area contributed by atoms with Gasteiger partial charge >= 0.3 is 5.97 Å². The fourth-order valence-electron chi connectivity index (χ4n) is 3.17. The predicted octanol–water partition coefficient (Wildman–Crippen LogP) is 2.86. The molecular formula is C19H19NO5. The Morgan fingerprint density at radius 3 is 2.48 bits per heavy atom. The summed E-state index contributed by atoms with van der Waals surface area (Å²) in [4.78, 5) is 26.0. The number of nitrogens with zero attached hydrogens (tertiary/aromatic N) is 1. The average molecular weight is 341 g/mol. The maximum absolute atomic E-state index is 12.8. The molecule has 0 aliphatic carbocycles. The van der Waals surface area contributed by atoms with E-state index in [1.807, 2.05) is 12.1 Å². The number of aromatic hydroxyl groups is 2. The van der Waals surface area contributed by atoms with Crippen molar-refractivity contribution in [1.29, 1.82) is 0 Å². The number of phenolic OH excluding ortho intramolecular Hbond substituents is 2. The number of ether oxygens (including phenoxy) is 1. The minimum absolute atomic E-state index is 0.0922. The predicted molar refractivity (Wildman–Crippen MR) is 90.6 cm³/mol. The summed E-state index contributed by atoms with van der Waals surface area (Å²) in [7, 11) is 1.33. The van der Waals surface area contributed by atoms with Crippen LogP contribution in [0, 0.1) is 0 Å². The highest BCUT2D eigenvalue weighted by atomic mass is 16.5. The molecular weight excluding hydrogens is 322 g/mol. The lowest BCUT2D eigenvalue weighted by Gasteiger charge is -2.25. The number of hydrogen-bond donors (Lipinski definition) is 2. The minimum atomic E-state index is -0.403. The van der Waals surface area contributed by atoms with E-state index in [4.69, 9.17) is 0 Å². The van der Waals surface area contributed by atoms with Gasteiger partial charge in [0.15, 0.2) is 0 Å². The molecule has 2 aromatic rings. The zero-order valence-electron chi connectivity index (χ0n) is 13.8. The Balaban J connectivity index is 1.85. The van der Waals surface area contributed by atoms with Crippen LogP contribution in [0.4, 0.5) is 0 Å². The molecule has 1 atom stereocenters. The number of amides is 1. The van der Waals surface area contributed by atoms with Gasteiger partial charge in [0.2, 0.25) is 0 Å². The second kappa shape index (κ2) is 6.84. The number of methoxy groups -OCH3 is 1. The first-order chi connectivity index (χ1) is 12.0. The Hall–Kier alpha value is -3.02. The zero-order valence-corrected chi connectivity index (χ0v) is 13.8. The van der Waals surface area contributed by atoms with Gasteiger partial charge in [-0.15, -0.1) is 0 Å². The summed E-state index contributed by atoms with van der Waals surface area (Å²) >= 11 is 0. The molecule has 1 saturated heterocycles. The average Bonchev–Trinajstić information content (AvgIpc) is 3.10. The Labute approximate surface area is 145 Å². The van der Waals surface area contributed by atoms with Crippen molar-refractivity contribution in [3.8, 4) is 11.5 Å². The first-order valence-electron chi connectivity index (χ1n) is 8.02. The largest absolute Gasteiger partial charge is 0.508 e. The topological polar surface area (TPSA) is 87.1 Å². The van der Waals surface area contributed by atoms with Gasteiger partial charge in [0.25, 0.3) is 5.91 Å². The van der Waals surface area contributed by atoms with E-state index in [0.29, 0.717) is 12.1 Å². The van der Waals surface area contributed by atoms with E-state index in [2.05, 4.69) is 4.74 Å². The first-order valence-corrected chi connectivity index (χ1v) is 8.02. The monoisotopic (exact) mass is 341 g/mol. The maximum atomic E-state index is 12.8. The third-order valence-corrected chi connectivity index (χ3v) is 4.44. The van der Waals surface area contributed by atoms with E-state index >= 15 is 0 Å². The summed E-state index contributed by atoms with van der Waals surface area (Å²) < 4.78 is 4.69. The summed E-state index contributed by atoms with van der Waals surface area (Å²) in [5, 5.41) is 19.3. The molecule has 0 spiro atoms. The van der Waals surface area contributed by atoms with Crippen molar-refractivity contribution in [2.24, 2.45) is 0 Å². The van der Waals surface area contributed by atoms with Gasteiger partial charge in [-0.2, -0.15) is 0 Å². The van der Waals surface area contributed by atoms with Crippen LogP contribution in [0.3, 0.4) is 0 Å². The van der Waals surface area contributed by atoms with Crippen LogP contribution in [-0.2, 0) is 4.74 Å². The fourth-order valence-corrected chi connectivity index (χ4v) is 3.17. The molecule has 1 fully saturated rings. The highest BCUT2D eigenvalue weighted by Crippen LogP contribution is 2.35. The first kappa shape index (κ1) is 16.8. The van der Waals surface area contributed by atoms with Gasteiger partial charge in [0, 0.05) is 12.6 Å². The number of phenols is 2. The SMILES string of the molecule is COC(=O)c1ccc(C2CCCN2C(=O)c2ccc(O)cc2O)cc1. The van der Waals surface area contributed by atoms with E-state index in [1.165, 1.54) is 19.2 Å². The summed E-state index contributed by atoms with van der Waals surface area (Å²) in [6.45, 7) is 0.586. The molecule has 0 saturated carbocycles. The second-order valence-corrected chi connectivity index (χ2v) is 5.97. The van der Waals surface area contributed by atoms with E-state index in [1.54, 1.807) is 17.0 Å². The Morgan fingerprint density at radius 1 is 1.12 bits per heavy atom. The number of rotatable bonds is 3. The molecule has 2 aromatic carbocycles. The molecule has 3 rings (SSSR count). The van der Waals surface area contributed by atoms with Crippen molar-refractivity contribution in [3.63, 3.8) is 0 Å². The lowest BCUT2D eigenvalue weighted by atomic mass is 10.0. The summed E-state index contributed by atoms with van der Waals surface area (Å²) in [6, 6.07) is 10.8. The molecule has 1 unspecified atom stereocenters. The van der Waals surface area contributed by atoms with Crippen molar-refractivity contribution >= 4 is 11.9 Å². The number of likely N-dealkylation sites (tertiary alicyclic amines) is 1. The Morgan fingerprint density at radius 2 is 1.84 bits per heavy atom. The van der Waals surface area contributed by atoms with Crippen molar-refractivity contribution in [2.75, 3.05) is 13.7 Å². The van der Waals surface area contributed by atoms with Gasteiger partial charge in [-0.25, -0.2) is 4.79 Å². The van der Waals surface area contributed by atoms with Crippen LogP contribution in [0.25, 0.3) is 0 Å². The van der Waals surface area contributed by atoms with Crippen molar-refractivity contribution in [3.05, 3.63) is 59.2 Å². The summed E-state index contributed by atoms with van der Waals surface area (Å²) in [5.41, 5.74) is 1.55. The highest BCUT2D eigenvalue weighted by Gasteiger charge is 2.31. The van der Waals surface area contributed by atoms with E-state index < -0.39 is 5.97 Å². The van der Waals surface area contributed by atoms with Gasteiger partial charge in [0.1, 0.15) is 11.5 Å². The van der Waals surface area contributed by atoms with Crippen molar-refractivity contribution in [2.45, 2.75) is 18.9 Å². The number of hydrogen-bond acceptors (Lipinski definition) is 5. The Bertz CT molecular complexity index is 800. The molecule has 1 amide bonds. The number of carbonyl (C=O) groups is 2. The van der Waals surface area contributed by atoms with Crippen LogP contribution in [0.1, 0.15) is 45.2 Å². The van der Waals surface area contributed by atoms with Gasteiger partial charge < -0.3 is 19.8 Å². The molecule has 2 N–H and O–H groups in total. The smallest absolute Gasteiger partial charge is 0.337 e. The zero-order chi connectivity index (χ0) is 18.0. The quantitative estimate of drug-likeness (QED) is 0.838. The van der Waals surface area contributed by atoms with Crippen molar-refractivity contribution in [1.82, 2.24) is 4.90 Å². The van der Waals surface area contributed by atoms with Crippen LogP contribution in [0.2, 0.25) is 0 Å². The molecule has 0 bridgehead atoms. The van der Waals surface area contributed by atoms with Crippen LogP contribution in [0.15, 0.2) is 42.5 Å². The molecule has 1 heterocycles. The third-order valence-electron chi connectivity index (χ3n) is 4.44. The van der Waals surface area contributed by atoms with E-state index in [0.717, 1.165) is 24.5 Å². The second-order valence-electron chi connectivity index (χ2n) is 5.97. The molecule has 25 heavy (non-hydrogen) atoms. The van der Waals surface area contributed by atoms with E-state index in [9.17, 15) is 19.8 Å². The third kappa shape index (κ3) is 3.28. The normalized spacial score (nSPS) is 16.7. The molecule has 1 aliphatic heterocycles.